The Kier molecular flexibility index (Phi) is 3.95. The van der Waals surface area contributed by atoms with Crippen LogP contribution in [0.15, 0.2) is 0 Å². The van der Waals surface area contributed by atoms with E-state index in [-0.39, 0.29) is 0 Å². The second-order valence-electron chi connectivity index (χ2n) is 1.54. The Balaban J connectivity index is 2.83. The van der Waals surface area contributed by atoms with Crippen molar-refractivity contribution in [2.75, 3.05) is 6.67 Å². The molecular formula is C5H10F2. The summed E-state index contributed by atoms with van der Waals surface area (Å²) in [5.74, 6) is 0. The molecule has 0 amide bonds. The second-order valence-corrected chi connectivity index (χ2v) is 1.54. The van der Waals surface area contributed by atoms with Gasteiger partial charge in [-0.1, -0.05) is 13.3 Å². The summed E-state index contributed by atoms with van der Waals surface area (Å²) in [6.07, 6.45) is -0.133. The van der Waals surface area contributed by atoms with Crippen LogP contribution in [0.4, 0.5) is 8.78 Å². The largest absolute Gasteiger partial charge is 0.248 e. The fourth-order valence-corrected chi connectivity index (χ4v) is 0.390. The summed E-state index contributed by atoms with van der Waals surface area (Å²) in [6.45, 7) is 1.01. The zero-order chi connectivity index (χ0) is 5.70. The average Bonchev–Trinajstić information content (AvgIpc) is 1.68. The van der Waals surface area contributed by atoms with Crippen LogP contribution in [0.25, 0.3) is 0 Å². The topological polar surface area (TPSA) is 0 Å². The number of halogens is 2. The van der Waals surface area contributed by atoms with Crippen LogP contribution in [0.5, 0.6) is 0 Å². The Hall–Kier alpha value is -0.140. The van der Waals surface area contributed by atoms with E-state index in [2.05, 4.69) is 0 Å². The lowest BCUT2D eigenvalue weighted by Crippen LogP contribution is -1.99. The fraction of sp³-hybridized carbons (Fsp3) is 1.00. The minimum absolute atomic E-state index is 0.358. The van der Waals surface area contributed by atoms with Crippen molar-refractivity contribution in [3.63, 3.8) is 0 Å². The van der Waals surface area contributed by atoms with Gasteiger partial charge in [0.2, 0.25) is 0 Å². The van der Waals surface area contributed by atoms with Gasteiger partial charge in [-0.3, -0.25) is 0 Å². The Morgan fingerprint density at radius 1 is 1.57 bits per heavy atom. The monoisotopic (exact) mass is 108 g/mol. The molecule has 0 aromatic rings. The van der Waals surface area contributed by atoms with Crippen LogP contribution < -0.4 is 0 Å². The molecule has 0 aliphatic carbocycles. The minimum Gasteiger partial charge on any atom is -0.248 e. The first kappa shape index (κ1) is 6.86. The van der Waals surface area contributed by atoms with Crippen molar-refractivity contribution < 1.29 is 8.78 Å². The lowest BCUT2D eigenvalue weighted by atomic mass is 10.2. The molecule has 7 heavy (non-hydrogen) atoms. The summed E-state index contributed by atoms with van der Waals surface area (Å²) in [7, 11) is 0. The van der Waals surface area contributed by atoms with E-state index in [1.807, 2.05) is 6.92 Å². The van der Waals surface area contributed by atoms with E-state index in [4.69, 9.17) is 0 Å². The molecule has 0 saturated carbocycles. The fourth-order valence-electron chi connectivity index (χ4n) is 0.390. The maximum absolute atomic E-state index is 11.8. The molecule has 0 radical (unpaired) electrons. The zero-order valence-corrected chi connectivity index (χ0v) is 4.45. The summed E-state index contributed by atoms with van der Waals surface area (Å²) in [4.78, 5) is 0. The Bertz CT molecular complexity index is 37.1. The predicted molar refractivity (Wildman–Crippen MR) is 25.8 cm³/mol. The Morgan fingerprint density at radius 3 is 2.29 bits per heavy atom. The molecule has 0 nitrogen and oxygen atoms in total. The molecule has 1 atom stereocenters. The number of hydrogen-bond acceptors (Lipinski definition) is 0. The van der Waals surface area contributed by atoms with Gasteiger partial charge in [0.05, 0.1) is 0 Å². The van der Waals surface area contributed by atoms with Crippen LogP contribution >= 0.6 is 0 Å². The maximum atomic E-state index is 11.8. The second kappa shape index (κ2) is 4.03. The van der Waals surface area contributed by atoms with Gasteiger partial charge in [0.25, 0.3) is 0 Å². The molecule has 2 heteroatoms. The summed E-state index contributed by atoms with van der Waals surface area (Å²) in [5.41, 5.74) is 0. The zero-order valence-electron chi connectivity index (χ0n) is 4.45. The van der Waals surface area contributed by atoms with Crippen molar-refractivity contribution in [1.29, 1.82) is 0 Å². The molecule has 0 spiro atoms. The predicted octanol–water partition coefficient (Wildman–Crippen LogP) is 2.09. The minimum atomic E-state index is -1.22. The normalized spacial score (nSPS) is 14.1. The van der Waals surface area contributed by atoms with Gasteiger partial charge in [-0.25, -0.2) is 8.78 Å². The van der Waals surface area contributed by atoms with Gasteiger partial charge in [-0.2, -0.15) is 0 Å². The Morgan fingerprint density at radius 2 is 2.14 bits per heavy atom. The van der Waals surface area contributed by atoms with Crippen molar-refractivity contribution in [3.8, 4) is 0 Å². The van der Waals surface area contributed by atoms with Crippen molar-refractivity contribution >= 4 is 0 Å². The molecule has 0 unspecified atom stereocenters. The number of alkyl halides is 2. The first-order valence-electron chi connectivity index (χ1n) is 2.51. The lowest BCUT2D eigenvalue weighted by Gasteiger charge is -1.95. The number of rotatable bonds is 3. The highest BCUT2D eigenvalue weighted by Crippen LogP contribution is 2.00. The van der Waals surface area contributed by atoms with Gasteiger partial charge in [0.1, 0.15) is 12.8 Å². The highest BCUT2D eigenvalue weighted by Gasteiger charge is 2.00. The summed E-state index contributed by atoms with van der Waals surface area (Å²) in [6, 6.07) is 0. The van der Waals surface area contributed by atoms with E-state index in [0.717, 1.165) is 6.42 Å². The molecular weight excluding hydrogens is 98.1 g/mol. The smallest absolute Gasteiger partial charge is 0.128 e. The van der Waals surface area contributed by atoms with Gasteiger partial charge < -0.3 is 0 Å². The molecule has 0 saturated heterocycles. The maximum Gasteiger partial charge on any atom is 0.128 e. The quantitative estimate of drug-likeness (QED) is 0.519. The third kappa shape index (κ3) is 3.70. The first-order valence-corrected chi connectivity index (χ1v) is 2.51. The summed E-state index contributed by atoms with van der Waals surface area (Å²) < 4.78 is 23.0. The first-order chi connectivity index (χ1) is 3.31. The molecule has 0 aromatic heterocycles. The van der Waals surface area contributed by atoms with Crippen molar-refractivity contribution in [2.24, 2.45) is 0 Å². The third-order valence-corrected chi connectivity index (χ3v) is 0.769. The SMILES string of the molecule is CCC[C@H](F)CF. The van der Waals surface area contributed by atoms with Crippen LogP contribution in [-0.4, -0.2) is 12.8 Å². The van der Waals surface area contributed by atoms with Crippen molar-refractivity contribution in [3.05, 3.63) is 0 Å². The van der Waals surface area contributed by atoms with Gasteiger partial charge in [0.15, 0.2) is 0 Å². The molecule has 0 aromatic carbocycles. The van der Waals surface area contributed by atoms with Gasteiger partial charge in [0, 0.05) is 0 Å². The van der Waals surface area contributed by atoms with Crippen molar-refractivity contribution in [1.82, 2.24) is 0 Å². The van der Waals surface area contributed by atoms with Crippen LogP contribution in [0, 0.1) is 0 Å². The van der Waals surface area contributed by atoms with E-state index in [1.165, 1.54) is 0 Å². The molecule has 44 valence electrons. The average molecular weight is 108 g/mol. The van der Waals surface area contributed by atoms with E-state index in [9.17, 15) is 8.78 Å². The standard InChI is InChI=1S/C5H10F2/c1-2-3-5(7)4-6/h5H,2-4H2,1H3/t5-/m0/s1. The Labute approximate surface area is 42.5 Å². The molecule has 0 bridgehead atoms. The third-order valence-electron chi connectivity index (χ3n) is 0.769. The van der Waals surface area contributed by atoms with Crippen LogP contribution in [0.3, 0.4) is 0 Å². The number of hydrogen-bond donors (Lipinski definition) is 0. The van der Waals surface area contributed by atoms with Gasteiger partial charge in [-0.05, 0) is 6.42 Å². The highest BCUT2D eigenvalue weighted by molar-refractivity contribution is 4.49. The van der Waals surface area contributed by atoms with Crippen LogP contribution in [-0.2, 0) is 0 Å². The van der Waals surface area contributed by atoms with Gasteiger partial charge >= 0.3 is 0 Å². The summed E-state index contributed by atoms with van der Waals surface area (Å²) >= 11 is 0. The molecule has 0 aliphatic rings. The van der Waals surface area contributed by atoms with E-state index < -0.39 is 12.8 Å². The van der Waals surface area contributed by atoms with E-state index in [1.54, 1.807) is 0 Å². The molecule has 0 rings (SSSR count). The van der Waals surface area contributed by atoms with Crippen molar-refractivity contribution in [2.45, 2.75) is 25.9 Å². The highest BCUT2D eigenvalue weighted by atomic mass is 19.2. The van der Waals surface area contributed by atoms with E-state index in [0.29, 0.717) is 6.42 Å². The van der Waals surface area contributed by atoms with Gasteiger partial charge in [-0.15, -0.1) is 0 Å². The molecule has 0 aliphatic heterocycles. The van der Waals surface area contributed by atoms with Crippen LogP contribution in [0.2, 0.25) is 0 Å². The van der Waals surface area contributed by atoms with Crippen LogP contribution in [0.1, 0.15) is 19.8 Å². The van der Waals surface area contributed by atoms with E-state index >= 15 is 0 Å². The lowest BCUT2D eigenvalue weighted by molar-refractivity contribution is 0.246. The summed E-state index contributed by atoms with van der Waals surface area (Å²) in [5, 5.41) is 0. The molecule has 0 N–H and O–H groups in total. The molecule has 0 fully saturated rings. The molecule has 0 heterocycles.